The fraction of sp³-hybridized carbons (Fsp3) is 0.385. The molecule has 0 saturated heterocycles. The normalized spacial score (nSPS) is 12.1. The molecule has 0 aromatic heterocycles. The minimum atomic E-state index is 0.300. The van der Waals surface area contributed by atoms with Gasteiger partial charge in [-0.05, 0) is 37.5 Å². The molecule has 1 aromatic rings. The summed E-state index contributed by atoms with van der Waals surface area (Å²) in [5.41, 5.74) is 4.16. The average molecular weight is 204 g/mol. The predicted octanol–water partition coefficient (Wildman–Crippen LogP) is 3.56. The monoisotopic (exact) mass is 204 g/mol. The van der Waals surface area contributed by atoms with Crippen LogP contribution < -0.4 is 0 Å². The van der Waals surface area contributed by atoms with Crippen molar-refractivity contribution in [3.8, 4) is 12.3 Å². The predicted molar refractivity (Wildman–Crippen MR) is 65.5 cm³/mol. The molecule has 0 nitrogen and oxygen atoms in total. The van der Waals surface area contributed by atoms with E-state index in [0.29, 0.717) is 5.25 Å². The highest BCUT2D eigenvalue weighted by molar-refractivity contribution is 7.99. The maximum Gasteiger partial charge on any atom is 0.0629 e. The van der Waals surface area contributed by atoms with Gasteiger partial charge in [-0.15, -0.1) is 18.2 Å². The van der Waals surface area contributed by atoms with Crippen LogP contribution in [0, 0.1) is 26.2 Å². The molecule has 0 aliphatic heterocycles. The van der Waals surface area contributed by atoms with Gasteiger partial charge in [0, 0.05) is 5.75 Å². The highest BCUT2D eigenvalue weighted by Gasteiger charge is 2.04. The molecule has 0 spiro atoms. The van der Waals surface area contributed by atoms with Gasteiger partial charge in [0.25, 0.3) is 0 Å². The van der Waals surface area contributed by atoms with Crippen LogP contribution in [0.5, 0.6) is 0 Å². The van der Waals surface area contributed by atoms with E-state index >= 15 is 0 Å². The van der Waals surface area contributed by atoms with E-state index in [2.05, 4.69) is 44.9 Å². The number of rotatable bonds is 3. The van der Waals surface area contributed by atoms with Crippen LogP contribution in [0.25, 0.3) is 0 Å². The van der Waals surface area contributed by atoms with Gasteiger partial charge in [0.05, 0.1) is 5.25 Å². The quantitative estimate of drug-likeness (QED) is 0.678. The molecule has 0 aliphatic rings. The molecule has 1 unspecified atom stereocenters. The van der Waals surface area contributed by atoms with Crippen LogP contribution in [-0.2, 0) is 5.75 Å². The highest BCUT2D eigenvalue weighted by Crippen LogP contribution is 2.22. The lowest BCUT2D eigenvalue weighted by Crippen LogP contribution is -1.95. The first-order valence-electron chi connectivity index (χ1n) is 4.78. The van der Waals surface area contributed by atoms with Crippen molar-refractivity contribution in [2.75, 3.05) is 0 Å². The summed E-state index contributed by atoms with van der Waals surface area (Å²) in [6.45, 7) is 6.38. The summed E-state index contributed by atoms with van der Waals surface area (Å²) < 4.78 is 0. The molecule has 0 heterocycles. The summed E-state index contributed by atoms with van der Waals surface area (Å²) in [4.78, 5) is 0. The Hall–Kier alpha value is -0.870. The smallest absolute Gasteiger partial charge is 0.0629 e. The molecule has 0 bridgehead atoms. The molecule has 14 heavy (non-hydrogen) atoms. The Balaban J connectivity index is 2.72. The van der Waals surface area contributed by atoms with Crippen LogP contribution in [-0.4, -0.2) is 5.25 Å². The minimum absolute atomic E-state index is 0.300. The third kappa shape index (κ3) is 2.82. The van der Waals surface area contributed by atoms with E-state index in [-0.39, 0.29) is 0 Å². The topological polar surface area (TPSA) is 0 Å². The zero-order chi connectivity index (χ0) is 10.6. The van der Waals surface area contributed by atoms with Crippen molar-refractivity contribution in [3.05, 3.63) is 34.9 Å². The molecule has 1 aromatic carbocycles. The number of thioether (sulfide) groups is 1. The lowest BCUT2D eigenvalue weighted by atomic mass is 10.1. The van der Waals surface area contributed by atoms with Crippen LogP contribution in [0.4, 0.5) is 0 Å². The van der Waals surface area contributed by atoms with Crippen molar-refractivity contribution >= 4 is 11.8 Å². The molecule has 0 radical (unpaired) electrons. The van der Waals surface area contributed by atoms with E-state index in [4.69, 9.17) is 6.42 Å². The zero-order valence-corrected chi connectivity index (χ0v) is 9.82. The Bertz CT molecular complexity index is 326. The van der Waals surface area contributed by atoms with Crippen LogP contribution in [0.15, 0.2) is 18.2 Å². The highest BCUT2D eigenvalue weighted by atomic mass is 32.2. The van der Waals surface area contributed by atoms with Crippen molar-refractivity contribution in [2.45, 2.75) is 31.8 Å². The van der Waals surface area contributed by atoms with Crippen molar-refractivity contribution in [1.82, 2.24) is 0 Å². The first kappa shape index (κ1) is 11.2. The molecule has 0 aliphatic carbocycles. The first-order valence-corrected chi connectivity index (χ1v) is 5.83. The van der Waals surface area contributed by atoms with E-state index < -0.39 is 0 Å². The van der Waals surface area contributed by atoms with Gasteiger partial charge in [-0.2, -0.15) is 0 Å². The maximum absolute atomic E-state index is 5.34. The summed E-state index contributed by atoms with van der Waals surface area (Å²) >= 11 is 1.82. The minimum Gasteiger partial charge on any atom is -0.141 e. The molecule has 0 saturated carbocycles. The van der Waals surface area contributed by atoms with Crippen molar-refractivity contribution < 1.29 is 0 Å². The molecule has 74 valence electrons. The number of benzene rings is 1. The molecular weight excluding hydrogens is 188 g/mol. The summed E-state index contributed by atoms with van der Waals surface area (Å²) in [6.07, 6.45) is 5.34. The Morgan fingerprint density at radius 1 is 1.36 bits per heavy atom. The van der Waals surface area contributed by atoms with Gasteiger partial charge in [-0.3, -0.25) is 0 Å². The second kappa shape index (κ2) is 5.12. The molecule has 1 atom stereocenters. The van der Waals surface area contributed by atoms with Gasteiger partial charge in [-0.1, -0.05) is 24.1 Å². The number of aryl methyl sites for hydroxylation is 2. The number of hydrogen-bond acceptors (Lipinski definition) is 1. The van der Waals surface area contributed by atoms with Crippen LogP contribution >= 0.6 is 11.8 Å². The Morgan fingerprint density at radius 2 is 1.93 bits per heavy atom. The number of terminal acetylenes is 1. The van der Waals surface area contributed by atoms with Gasteiger partial charge in [0.1, 0.15) is 0 Å². The summed E-state index contributed by atoms with van der Waals surface area (Å²) in [5.74, 6) is 3.75. The van der Waals surface area contributed by atoms with Gasteiger partial charge in [0.2, 0.25) is 0 Å². The second-order valence-electron chi connectivity index (χ2n) is 3.49. The summed E-state index contributed by atoms with van der Waals surface area (Å²) in [7, 11) is 0. The van der Waals surface area contributed by atoms with Gasteiger partial charge in [0.15, 0.2) is 0 Å². The number of hydrogen-bond donors (Lipinski definition) is 0. The third-order valence-electron chi connectivity index (χ3n) is 2.36. The van der Waals surface area contributed by atoms with Crippen LogP contribution in [0.2, 0.25) is 0 Å². The standard InChI is InChI=1S/C13H16S/c1-5-12(4)14-9-13-10(2)7-6-8-11(13)3/h1,6-8,12H,9H2,2-4H3. The fourth-order valence-corrected chi connectivity index (χ4v) is 2.30. The van der Waals surface area contributed by atoms with E-state index in [1.165, 1.54) is 16.7 Å². The molecule has 0 fully saturated rings. The molecular formula is C13H16S. The summed E-state index contributed by atoms with van der Waals surface area (Å²) in [6, 6.07) is 6.41. The fourth-order valence-electron chi connectivity index (χ4n) is 1.33. The first-order chi connectivity index (χ1) is 6.65. The van der Waals surface area contributed by atoms with Crippen LogP contribution in [0.1, 0.15) is 23.6 Å². The lowest BCUT2D eigenvalue weighted by Gasteiger charge is -2.10. The van der Waals surface area contributed by atoms with Crippen molar-refractivity contribution in [3.63, 3.8) is 0 Å². The zero-order valence-electron chi connectivity index (χ0n) is 9.00. The van der Waals surface area contributed by atoms with E-state index in [1.807, 2.05) is 11.8 Å². The average Bonchev–Trinajstić information content (AvgIpc) is 2.16. The SMILES string of the molecule is C#CC(C)SCc1c(C)cccc1C. The van der Waals surface area contributed by atoms with Crippen LogP contribution in [0.3, 0.4) is 0 Å². The van der Waals surface area contributed by atoms with Gasteiger partial charge >= 0.3 is 0 Å². The Labute approximate surface area is 91.1 Å². The van der Waals surface area contributed by atoms with Crippen molar-refractivity contribution in [2.24, 2.45) is 0 Å². The molecule has 1 heteroatoms. The van der Waals surface area contributed by atoms with Gasteiger partial charge in [-0.25, -0.2) is 0 Å². The molecule has 0 amide bonds. The lowest BCUT2D eigenvalue weighted by molar-refractivity contribution is 1.22. The largest absolute Gasteiger partial charge is 0.141 e. The van der Waals surface area contributed by atoms with Gasteiger partial charge < -0.3 is 0 Å². The Morgan fingerprint density at radius 3 is 2.43 bits per heavy atom. The third-order valence-corrected chi connectivity index (χ3v) is 3.45. The van der Waals surface area contributed by atoms with E-state index in [0.717, 1.165) is 5.75 Å². The second-order valence-corrected chi connectivity index (χ2v) is 4.82. The maximum atomic E-state index is 5.34. The summed E-state index contributed by atoms with van der Waals surface area (Å²) in [5, 5.41) is 0.300. The molecule has 0 N–H and O–H groups in total. The van der Waals surface area contributed by atoms with Crippen molar-refractivity contribution in [1.29, 1.82) is 0 Å². The molecule has 1 rings (SSSR count). The van der Waals surface area contributed by atoms with E-state index in [9.17, 15) is 0 Å². The van der Waals surface area contributed by atoms with E-state index in [1.54, 1.807) is 0 Å². The Kier molecular flexibility index (Phi) is 4.10.